The molecule has 0 bridgehead atoms. The lowest BCUT2D eigenvalue weighted by molar-refractivity contribution is 0.0720. The maximum absolute atomic E-state index is 13.0. The van der Waals surface area contributed by atoms with E-state index in [0.717, 1.165) is 25.7 Å². The van der Waals surface area contributed by atoms with E-state index < -0.39 is 15.3 Å². The Bertz CT molecular complexity index is 837. The van der Waals surface area contributed by atoms with Crippen LogP contribution < -0.4 is 4.72 Å². The molecule has 2 N–H and O–H groups in total. The number of aromatic amines is 1. The van der Waals surface area contributed by atoms with E-state index >= 15 is 0 Å². The molecule has 0 aromatic carbocycles. The van der Waals surface area contributed by atoms with Gasteiger partial charge in [-0.3, -0.25) is 9.59 Å². The molecule has 8 heteroatoms. The second-order valence-electron chi connectivity index (χ2n) is 7.84. The van der Waals surface area contributed by atoms with Gasteiger partial charge in [-0.2, -0.15) is 0 Å². The Kier molecular flexibility index (Phi) is 5.76. The summed E-state index contributed by atoms with van der Waals surface area (Å²) in [7, 11) is -3.45. The third-order valence-corrected chi connectivity index (χ3v) is 7.72. The molecule has 0 radical (unpaired) electrons. The number of H-pyrrole nitrogens is 1. The summed E-state index contributed by atoms with van der Waals surface area (Å²) in [4.78, 5) is 29.4. The summed E-state index contributed by atoms with van der Waals surface area (Å²) in [6.45, 7) is 5.73. The number of aryl methyl sites for hydroxylation is 1. The Hall–Kier alpha value is -1.67. The van der Waals surface area contributed by atoms with Gasteiger partial charge in [0.05, 0.1) is 5.25 Å². The van der Waals surface area contributed by atoms with Crippen LogP contribution >= 0.6 is 0 Å². The fraction of sp³-hybridized carbons (Fsp3) is 0.684. The third kappa shape index (κ3) is 4.11. The van der Waals surface area contributed by atoms with Gasteiger partial charge < -0.3 is 9.88 Å². The first-order chi connectivity index (χ1) is 12.7. The predicted octanol–water partition coefficient (Wildman–Crippen LogP) is 2.30. The van der Waals surface area contributed by atoms with E-state index in [2.05, 4.69) is 9.71 Å². The first-order valence-corrected chi connectivity index (χ1v) is 11.3. The monoisotopic (exact) mass is 395 g/mol. The molecule has 1 unspecified atom stereocenters. The quantitative estimate of drug-likeness (QED) is 0.747. The van der Waals surface area contributed by atoms with Crippen LogP contribution in [0.5, 0.6) is 0 Å². The normalized spacial score (nSPS) is 21.6. The first kappa shape index (κ1) is 20.1. The third-order valence-electron chi connectivity index (χ3n) is 5.79. The number of amides is 1. The number of sulfonamides is 1. The summed E-state index contributed by atoms with van der Waals surface area (Å²) in [5.74, 6) is -0.316. The summed E-state index contributed by atoms with van der Waals surface area (Å²) in [5, 5.41) is -0.584. The molecule has 1 aliphatic heterocycles. The van der Waals surface area contributed by atoms with Crippen LogP contribution in [0.25, 0.3) is 0 Å². The van der Waals surface area contributed by atoms with Gasteiger partial charge in [-0.25, -0.2) is 13.1 Å². The average Bonchev–Trinajstić information content (AvgIpc) is 3.21. The van der Waals surface area contributed by atoms with Crippen molar-refractivity contribution in [3.63, 3.8) is 0 Å². The number of rotatable bonds is 5. The zero-order chi connectivity index (χ0) is 19.8. The second kappa shape index (κ2) is 7.75. The van der Waals surface area contributed by atoms with Gasteiger partial charge in [-0.1, -0.05) is 12.8 Å². The topological polar surface area (TPSA) is 99.3 Å². The zero-order valence-corrected chi connectivity index (χ0v) is 17.1. The van der Waals surface area contributed by atoms with E-state index in [1.54, 1.807) is 18.7 Å². The number of hydrogen-bond donors (Lipinski definition) is 2. The van der Waals surface area contributed by atoms with Gasteiger partial charge in [0, 0.05) is 30.4 Å². The van der Waals surface area contributed by atoms with Gasteiger partial charge in [0.1, 0.15) is 5.69 Å². The Balaban J connectivity index is 1.75. The molecule has 1 aliphatic carbocycles. The number of Topliss-reactive ketones (excluding diaryl/α,β-unsaturated/α-hetero) is 1. The molecular formula is C19H29N3O4S. The van der Waals surface area contributed by atoms with E-state index in [1.165, 1.54) is 6.92 Å². The molecule has 27 heavy (non-hydrogen) atoms. The molecule has 2 heterocycles. The van der Waals surface area contributed by atoms with E-state index in [-0.39, 0.29) is 24.3 Å². The van der Waals surface area contributed by atoms with Crippen LogP contribution in [-0.2, 0) is 10.0 Å². The molecule has 1 atom stereocenters. The van der Waals surface area contributed by atoms with Crippen molar-refractivity contribution in [3.05, 3.63) is 22.5 Å². The molecule has 1 amide bonds. The lowest BCUT2D eigenvalue weighted by atomic mass is 10.1. The molecule has 1 saturated carbocycles. The van der Waals surface area contributed by atoms with Crippen molar-refractivity contribution in [1.29, 1.82) is 0 Å². The van der Waals surface area contributed by atoms with Crippen LogP contribution in [0.15, 0.2) is 0 Å². The van der Waals surface area contributed by atoms with Crippen molar-refractivity contribution >= 4 is 21.7 Å². The predicted molar refractivity (Wildman–Crippen MR) is 104 cm³/mol. The number of carbonyl (C=O) groups is 2. The minimum Gasteiger partial charge on any atom is -0.354 e. The van der Waals surface area contributed by atoms with Crippen LogP contribution in [0.3, 0.4) is 0 Å². The van der Waals surface area contributed by atoms with Crippen LogP contribution in [-0.4, -0.2) is 54.4 Å². The maximum Gasteiger partial charge on any atom is 0.270 e. The Morgan fingerprint density at radius 3 is 2.37 bits per heavy atom. The number of nitrogens with zero attached hydrogens (tertiary/aromatic N) is 1. The van der Waals surface area contributed by atoms with Crippen LogP contribution in [0.4, 0.5) is 0 Å². The highest BCUT2D eigenvalue weighted by molar-refractivity contribution is 7.90. The fourth-order valence-corrected chi connectivity index (χ4v) is 6.14. The van der Waals surface area contributed by atoms with Crippen LogP contribution in [0.2, 0.25) is 0 Å². The highest BCUT2D eigenvalue weighted by Crippen LogP contribution is 2.25. The average molecular weight is 396 g/mol. The summed E-state index contributed by atoms with van der Waals surface area (Å²) in [6, 6.07) is 0.0347. The van der Waals surface area contributed by atoms with Gasteiger partial charge in [-0.05, 0) is 52.0 Å². The number of piperidine rings is 1. The van der Waals surface area contributed by atoms with E-state index in [9.17, 15) is 18.0 Å². The van der Waals surface area contributed by atoms with Gasteiger partial charge in [-0.15, -0.1) is 0 Å². The summed E-state index contributed by atoms with van der Waals surface area (Å²) in [5.41, 5.74) is 2.24. The van der Waals surface area contributed by atoms with Gasteiger partial charge >= 0.3 is 0 Å². The fourth-order valence-electron chi connectivity index (χ4n) is 4.40. The molecule has 3 rings (SSSR count). The van der Waals surface area contributed by atoms with Crippen LogP contribution in [0.1, 0.15) is 77.6 Å². The molecule has 1 aromatic heterocycles. The number of likely N-dealkylation sites (tertiary alicyclic amines) is 1. The van der Waals surface area contributed by atoms with E-state index in [4.69, 9.17) is 0 Å². The number of aromatic nitrogens is 1. The summed E-state index contributed by atoms with van der Waals surface area (Å²) in [6.07, 6.45) is 5.12. The number of ketones is 1. The molecule has 1 aromatic rings. The molecule has 2 aliphatic rings. The lowest BCUT2D eigenvalue weighted by Crippen LogP contribution is -2.50. The summed E-state index contributed by atoms with van der Waals surface area (Å²) >= 11 is 0. The van der Waals surface area contributed by atoms with Crippen molar-refractivity contribution in [1.82, 2.24) is 14.6 Å². The van der Waals surface area contributed by atoms with Crippen molar-refractivity contribution in [2.75, 3.05) is 13.1 Å². The van der Waals surface area contributed by atoms with Crippen molar-refractivity contribution in [2.24, 2.45) is 0 Å². The van der Waals surface area contributed by atoms with E-state index in [1.807, 2.05) is 0 Å². The molecule has 150 valence electrons. The van der Waals surface area contributed by atoms with Gasteiger partial charge in [0.25, 0.3) is 5.91 Å². The number of nitrogens with one attached hydrogen (secondary N) is 2. The van der Waals surface area contributed by atoms with E-state index in [0.29, 0.717) is 41.9 Å². The Morgan fingerprint density at radius 1 is 1.11 bits per heavy atom. The van der Waals surface area contributed by atoms with Crippen LogP contribution in [0, 0.1) is 13.8 Å². The van der Waals surface area contributed by atoms with Gasteiger partial charge in [0.15, 0.2) is 5.78 Å². The molecule has 0 spiro atoms. The zero-order valence-electron chi connectivity index (χ0n) is 16.3. The highest BCUT2D eigenvalue weighted by atomic mass is 32.2. The minimum absolute atomic E-state index is 0.0347. The number of carbonyl (C=O) groups excluding carboxylic acids is 2. The molecular weight excluding hydrogens is 366 g/mol. The van der Waals surface area contributed by atoms with Crippen molar-refractivity contribution in [2.45, 2.75) is 70.6 Å². The minimum atomic E-state index is -3.45. The molecule has 7 nitrogen and oxygen atoms in total. The molecule has 1 saturated heterocycles. The van der Waals surface area contributed by atoms with Gasteiger partial charge in [0.2, 0.25) is 10.0 Å². The lowest BCUT2D eigenvalue weighted by Gasteiger charge is -2.33. The Morgan fingerprint density at radius 2 is 1.78 bits per heavy atom. The van der Waals surface area contributed by atoms with Crippen molar-refractivity contribution < 1.29 is 18.0 Å². The molecule has 2 fully saturated rings. The standard InChI is InChI=1S/C19H29N3O4S/c1-12-17(14(3)23)13(2)20-18(12)19(24)22-10-6-9-16(11-22)27(25,26)21-15-7-4-5-8-15/h15-16,20-21H,4-11H2,1-3H3. The second-order valence-corrected chi connectivity index (χ2v) is 9.83. The smallest absolute Gasteiger partial charge is 0.270 e. The van der Waals surface area contributed by atoms with Crippen molar-refractivity contribution in [3.8, 4) is 0 Å². The summed E-state index contributed by atoms with van der Waals surface area (Å²) < 4.78 is 28.4. The SMILES string of the molecule is CC(=O)c1c(C)[nH]c(C(=O)N2CCCC(S(=O)(=O)NC3CCCC3)C2)c1C. The highest BCUT2D eigenvalue weighted by Gasteiger charge is 2.35. The maximum atomic E-state index is 13.0. The first-order valence-electron chi connectivity index (χ1n) is 9.71. The largest absolute Gasteiger partial charge is 0.354 e. The Labute approximate surface area is 160 Å². The number of hydrogen-bond acceptors (Lipinski definition) is 4.